The summed E-state index contributed by atoms with van der Waals surface area (Å²) in [5.41, 5.74) is 2.09. The molecule has 0 radical (unpaired) electrons. The molecule has 2 aromatic carbocycles. The molecule has 1 amide bonds. The van der Waals surface area contributed by atoms with E-state index in [1.807, 2.05) is 6.07 Å². The molecule has 1 saturated heterocycles. The number of anilines is 1. The van der Waals surface area contributed by atoms with Crippen LogP contribution in [0.25, 0.3) is 10.2 Å². The molecule has 34 heavy (non-hydrogen) atoms. The second-order valence-electron chi connectivity index (χ2n) is 8.15. The van der Waals surface area contributed by atoms with E-state index in [4.69, 9.17) is 21.3 Å². The van der Waals surface area contributed by atoms with Crippen LogP contribution in [0, 0.1) is 6.92 Å². The molecule has 0 aliphatic carbocycles. The summed E-state index contributed by atoms with van der Waals surface area (Å²) in [5, 5.41) is 4.16. The largest absolute Gasteiger partial charge is 0.494 e. The first-order valence-electron chi connectivity index (χ1n) is 10.9. The molecule has 1 aliphatic rings. The lowest BCUT2D eigenvalue weighted by Crippen LogP contribution is -2.48. The van der Waals surface area contributed by atoms with Gasteiger partial charge in [-0.2, -0.15) is 0 Å². The van der Waals surface area contributed by atoms with Crippen LogP contribution in [0.4, 0.5) is 5.13 Å². The van der Waals surface area contributed by atoms with Gasteiger partial charge in [-0.3, -0.25) is 9.69 Å². The number of fused-ring (bicyclic) bond motifs is 1. The molecule has 2 heterocycles. The number of aryl methyl sites for hydroxylation is 1. The Bertz CT molecular complexity index is 1270. The van der Waals surface area contributed by atoms with E-state index in [-0.39, 0.29) is 4.90 Å². The van der Waals surface area contributed by atoms with E-state index in [1.54, 1.807) is 18.4 Å². The standard InChI is InChI=1S/C23H27ClN4O4S2/c1-16-3-8-19(32-2)21-22(16)33-23(26-21)28-13-11-27(12-14-28)10-9-25-20(29)15-34(30,31)18-6-4-17(24)5-7-18/h3-8H,9-15H2,1-2H3,(H,25,29). The van der Waals surface area contributed by atoms with E-state index in [0.717, 1.165) is 47.3 Å². The topological polar surface area (TPSA) is 91.8 Å². The van der Waals surface area contributed by atoms with Gasteiger partial charge in [0.2, 0.25) is 5.91 Å². The summed E-state index contributed by atoms with van der Waals surface area (Å²) in [6, 6.07) is 9.82. The first-order valence-corrected chi connectivity index (χ1v) is 13.8. The summed E-state index contributed by atoms with van der Waals surface area (Å²) in [4.78, 5) is 21.6. The van der Waals surface area contributed by atoms with Crippen molar-refractivity contribution in [2.75, 3.05) is 57.0 Å². The fourth-order valence-corrected chi connectivity index (χ4v) is 6.26. The minimum absolute atomic E-state index is 0.0887. The molecule has 1 aromatic heterocycles. The molecule has 1 fully saturated rings. The highest BCUT2D eigenvalue weighted by Crippen LogP contribution is 2.36. The summed E-state index contributed by atoms with van der Waals surface area (Å²) in [5.74, 6) is -0.300. The number of benzene rings is 2. The average molecular weight is 523 g/mol. The van der Waals surface area contributed by atoms with Gasteiger partial charge in [0.25, 0.3) is 0 Å². The van der Waals surface area contributed by atoms with Crippen LogP contribution in [-0.2, 0) is 14.6 Å². The molecule has 0 unspecified atom stereocenters. The van der Waals surface area contributed by atoms with Crippen molar-refractivity contribution in [1.29, 1.82) is 0 Å². The lowest BCUT2D eigenvalue weighted by Gasteiger charge is -2.34. The number of hydrogen-bond acceptors (Lipinski definition) is 8. The summed E-state index contributed by atoms with van der Waals surface area (Å²) < 4.78 is 31.4. The highest BCUT2D eigenvalue weighted by atomic mass is 35.5. The fourth-order valence-electron chi connectivity index (χ4n) is 3.86. The van der Waals surface area contributed by atoms with Gasteiger partial charge in [0.05, 0.1) is 16.7 Å². The maximum Gasteiger partial charge on any atom is 0.235 e. The van der Waals surface area contributed by atoms with Crippen molar-refractivity contribution in [1.82, 2.24) is 15.2 Å². The van der Waals surface area contributed by atoms with Crippen molar-refractivity contribution in [3.05, 3.63) is 47.0 Å². The third-order valence-corrected chi connectivity index (χ3v) is 8.94. The second kappa shape index (κ2) is 10.5. The molecule has 11 heteroatoms. The van der Waals surface area contributed by atoms with Gasteiger partial charge in [-0.05, 0) is 42.8 Å². The molecule has 0 spiro atoms. The van der Waals surface area contributed by atoms with E-state index >= 15 is 0 Å². The van der Waals surface area contributed by atoms with Gasteiger partial charge in [-0.1, -0.05) is 29.0 Å². The molecule has 0 atom stereocenters. The summed E-state index contributed by atoms with van der Waals surface area (Å²) in [6.45, 7) is 6.48. The number of thiazole rings is 1. The van der Waals surface area contributed by atoms with Crippen LogP contribution in [0.2, 0.25) is 5.02 Å². The minimum Gasteiger partial charge on any atom is -0.494 e. The van der Waals surface area contributed by atoms with Crippen LogP contribution in [0.3, 0.4) is 0 Å². The predicted molar refractivity (Wildman–Crippen MR) is 136 cm³/mol. The van der Waals surface area contributed by atoms with E-state index in [1.165, 1.54) is 29.8 Å². The molecule has 1 N–H and O–H groups in total. The Balaban J connectivity index is 1.25. The van der Waals surface area contributed by atoms with Gasteiger partial charge in [-0.15, -0.1) is 0 Å². The number of rotatable bonds is 8. The Morgan fingerprint density at radius 1 is 1.15 bits per heavy atom. The zero-order valence-corrected chi connectivity index (χ0v) is 21.5. The highest BCUT2D eigenvalue weighted by Gasteiger charge is 2.22. The number of nitrogens with zero attached hydrogens (tertiary/aromatic N) is 3. The number of carbonyl (C=O) groups is 1. The zero-order valence-electron chi connectivity index (χ0n) is 19.1. The molecular formula is C23H27ClN4O4S2. The lowest BCUT2D eigenvalue weighted by atomic mass is 10.2. The van der Waals surface area contributed by atoms with Crippen LogP contribution in [0.5, 0.6) is 5.75 Å². The number of halogens is 1. The van der Waals surface area contributed by atoms with Crippen molar-refractivity contribution in [2.24, 2.45) is 0 Å². The van der Waals surface area contributed by atoms with E-state index < -0.39 is 21.5 Å². The maximum atomic E-state index is 12.4. The predicted octanol–water partition coefficient (Wildman–Crippen LogP) is 2.98. The quantitative estimate of drug-likeness (QED) is 0.486. The molecule has 0 bridgehead atoms. The number of carbonyl (C=O) groups excluding carboxylic acids is 1. The van der Waals surface area contributed by atoms with Gasteiger partial charge in [0.15, 0.2) is 15.0 Å². The molecule has 0 saturated carbocycles. The van der Waals surface area contributed by atoms with Crippen molar-refractivity contribution >= 4 is 54.0 Å². The number of hydrogen-bond donors (Lipinski definition) is 1. The van der Waals surface area contributed by atoms with Crippen LogP contribution in [-0.4, -0.2) is 76.3 Å². The Morgan fingerprint density at radius 2 is 1.85 bits per heavy atom. The second-order valence-corrected chi connectivity index (χ2v) is 11.6. The summed E-state index contributed by atoms with van der Waals surface area (Å²) in [6.07, 6.45) is 0. The first kappa shape index (κ1) is 24.7. The van der Waals surface area contributed by atoms with Gasteiger partial charge >= 0.3 is 0 Å². The number of piperazine rings is 1. The van der Waals surface area contributed by atoms with Crippen molar-refractivity contribution in [2.45, 2.75) is 11.8 Å². The monoisotopic (exact) mass is 522 g/mol. The molecule has 182 valence electrons. The Kier molecular flexibility index (Phi) is 7.61. The van der Waals surface area contributed by atoms with Crippen LogP contribution >= 0.6 is 22.9 Å². The fraction of sp³-hybridized carbons (Fsp3) is 0.391. The third kappa shape index (κ3) is 5.63. The number of aromatic nitrogens is 1. The number of nitrogens with one attached hydrogen (secondary N) is 1. The summed E-state index contributed by atoms with van der Waals surface area (Å²) in [7, 11) is -2.03. The Morgan fingerprint density at radius 3 is 2.53 bits per heavy atom. The third-order valence-electron chi connectivity index (χ3n) is 5.80. The molecule has 3 aromatic rings. The molecule has 4 rings (SSSR count). The van der Waals surface area contributed by atoms with Gasteiger partial charge in [-0.25, -0.2) is 13.4 Å². The van der Waals surface area contributed by atoms with Crippen LogP contribution < -0.4 is 15.0 Å². The normalized spacial score (nSPS) is 15.0. The maximum absolute atomic E-state index is 12.4. The number of amides is 1. The van der Waals surface area contributed by atoms with Crippen molar-refractivity contribution in [3.63, 3.8) is 0 Å². The Hall–Kier alpha value is -2.40. The number of sulfone groups is 1. The minimum atomic E-state index is -3.69. The zero-order chi connectivity index (χ0) is 24.3. The van der Waals surface area contributed by atoms with Crippen LogP contribution in [0.15, 0.2) is 41.3 Å². The lowest BCUT2D eigenvalue weighted by molar-refractivity contribution is -0.118. The van der Waals surface area contributed by atoms with Crippen molar-refractivity contribution < 1.29 is 17.9 Å². The van der Waals surface area contributed by atoms with E-state index in [9.17, 15) is 13.2 Å². The van der Waals surface area contributed by atoms with Crippen LogP contribution in [0.1, 0.15) is 5.56 Å². The summed E-state index contributed by atoms with van der Waals surface area (Å²) >= 11 is 7.48. The molecule has 1 aliphatic heterocycles. The van der Waals surface area contributed by atoms with Gasteiger partial charge in [0.1, 0.15) is 17.0 Å². The number of ether oxygens (including phenoxy) is 1. The highest BCUT2D eigenvalue weighted by molar-refractivity contribution is 7.92. The average Bonchev–Trinajstić information content (AvgIpc) is 3.26. The number of methoxy groups -OCH3 is 1. The van der Waals surface area contributed by atoms with Crippen molar-refractivity contribution in [3.8, 4) is 5.75 Å². The smallest absolute Gasteiger partial charge is 0.235 e. The SMILES string of the molecule is COc1ccc(C)c2sc(N3CCN(CCNC(=O)CS(=O)(=O)c4ccc(Cl)cc4)CC3)nc12. The van der Waals surface area contributed by atoms with E-state index in [0.29, 0.717) is 18.1 Å². The van der Waals surface area contributed by atoms with Gasteiger partial charge < -0.3 is 15.0 Å². The van der Waals surface area contributed by atoms with Gasteiger partial charge in [0, 0.05) is 44.3 Å². The van der Waals surface area contributed by atoms with E-state index in [2.05, 4.69) is 28.1 Å². The molecule has 8 nitrogen and oxygen atoms in total. The first-order chi connectivity index (χ1) is 16.3. The Labute approximate surface area is 208 Å². The molecular weight excluding hydrogens is 496 g/mol.